The van der Waals surface area contributed by atoms with Gasteiger partial charge < -0.3 is 20.1 Å². The number of anilines is 1. The molecule has 1 amide bonds. The highest BCUT2D eigenvalue weighted by molar-refractivity contribution is 6.35. The lowest BCUT2D eigenvalue weighted by molar-refractivity contribution is 0.0916. The third-order valence-corrected chi connectivity index (χ3v) is 4.85. The fourth-order valence-electron chi connectivity index (χ4n) is 2.80. The number of morpholine rings is 1. The van der Waals surface area contributed by atoms with Gasteiger partial charge in [-0.3, -0.25) is 4.79 Å². The van der Waals surface area contributed by atoms with Gasteiger partial charge in [-0.05, 0) is 35.9 Å². The third-order valence-electron chi connectivity index (χ3n) is 4.28. The number of halogens is 2. The van der Waals surface area contributed by atoms with Gasteiger partial charge in [0, 0.05) is 30.3 Å². The largest absolute Gasteiger partial charge is 0.387 e. The molecule has 1 heterocycles. The summed E-state index contributed by atoms with van der Waals surface area (Å²) in [4.78, 5) is 14.5. The van der Waals surface area contributed by atoms with E-state index in [0.29, 0.717) is 10.0 Å². The van der Waals surface area contributed by atoms with Gasteiger partial charge in [0.05, 0.1) is 29.9 Å². The first-order valence-corrected chi connectivity index (χ1v) is 9.14. The van der Waals surface area contributed by atoms with Crippen LogP contribution in [0.1, 0.15) is 22.0 Å². The van der Waals surface area contributed by atoms with Crippen molar-refractivity contribution in [2.24, 2.45) is 0 Å². The summed E-state index contributed by atoms with van der Waals surface area (Å²) in [6.45, 7) is 3.25. The van der Waals surface area contributed by atoms with E-state index in [-0.39, 0.29) is 18.0 Å². The summed E-state index contributed by atoms with van der Waals surface area (Å²) in [6.07, 6.45) is -0.810. The predicted molar refractivity (Wildman–Crippen MR) is 103 cm³/mol. The number of carbonyl (C=O) groups excluding carboxylic acids is 1. The molecule has 2 aromatic carbocycles. The van der Waals surface area contributed by atoms with Crippen LogP contribution in [0, 0.1) is 0 Å². The molecule has 0 spiro atoms. The Bertz CT molecular complexity index is 762. The number of nitrogens with one attached hydrogen (secondary N) is 1. The molecule has 1 saturated heterocycles. The highest BCUT2D eigenvalue weighted by atomic mass is 35.5. The molecule has 3 rings (SSSR count). The van der Waals surface area contributed by atoms with Crippen LogP contribution < -0.4 is 10.2 Å². The molecule has 0 radical (unpaired) electrons. The smallest absolute Gasteiger partial charge is 0.252 e. The number of ether oxygens (including phenoxy) is 1. The van der Waals surface area contributed by atoms with Gasteiger partial charge in [0.2, 0.25) is 0 Å². The van der Waals surface area contributed by atoms with Crippen molar-refractivity contribution in [2.45, 2.75) is 6.10 Å². The third kappa shape index (κ3) is 4.68. The Hall–Kier alpha value is -1.79. The number of aliphatic hydroxyl groups excluding tert-OH is 1. The van der Waals surface area contributed by atoms with Crippen LogP contribution >= 0.6 is 23.2 Å². The normalized spacial score (nSPS) is 15.6. The first kappa shape index (κ1) is 19.0. The maximum atomic E-state index is 12.2. The highest BCUT2D eigenvalue weighted by Crippen LogP contribution is 2.22. The average molecular weight is 395 g/mol. The average Bonchev–Trinajstić information content (AvgIpc) is 2.68. The summed E-state index contributed by atoms with van der Waals surface area (Å²) in [6, 6.07) is 12.4. The molecule has 0 saturated carbocycles. The molecule has 2 aromatic rings. The van der Waals surface area contributed by atoms with E-state index in [1.54, 1.807) is 12.1 Å². The van der Waals surface area contributed by atoms with Crippen LogP contribution in [0.15, 0.2) is 42.5 Å². The van der Waals surface area contributed by atoms with Crippen LogP contribution in [0.2, 0.25) is 10.0 Å². The minimum Gasteiger partial charge on any atom is -0.387 e. The fourth-order valence-corrected chi connectivity index (χ4v) is 3.18. The quantitative estimate of drug-likeness (QED) is 0.816. The van der Waals surface area contributed by atoms with E-state index < -0.39 is 6.10 Å². The number of nitrogens with zero attached hydrogens (tertiary/aromatic N) is 1. The Balaban J connectivity index is 1.58. The van der Waals surface area contributed by atoms with E-state index in [1.165, 1.54) is 6.07 Å². The molecule has 1 aliphatic rings. The van der Waals surface area contributed by atoms with Crippen molar-refractivity contribution in [1.29, 1.82) is 0 Å². The van der Waals surface area contributed by atoms with Gasteiger partial charge in [0.25, 0.3) is 5.91 Å². The SMILES string of the molecule is O=C(NCC(O)c1ccc(N2CCOCC2)cc1)c1cc(Cl)ccc1Cl. The van der Waals surface area contributed by atoms with E-state index in [9.17, 15) is 9.90 Å². The minimum absolute atomic E-state index is 0.0819. The lowest BCUT2D eigenvalue weighted by atomic mass is 10.1. The maximum Gasteiger partial charge on any atom is 0.252 e. The highest BCUT2D eigenvalue weighted by Gasteiger charge is 2.15. The summed E-state index contributed by atoms with van der Waals surface area (Å²) in [5.74, 6) is -0.374. The number of aliphatic hydroxyl groups is 1. The maximum absolute atomic E-state index is 12.2. The number of carbonyl (C=O) groups is 1. The van der Waals surface area contributed by atoms with Crippen molar-refractivity contribution in [1.82, 2.24) is 5.32 Å². The molecule has 2 N–H and O–H groups in total. The van der Waals surface area contributed by atoms with E-state index >= 15 is 0 Å². The molecular formula is C19H20Cl2N2O3. The molecule has 138 valence electrons. The van der Waals surface area contributed by atoms with Crippen LogP contribution in [-0.4, -0.2) is 43.9 Å². The molecule has 0 bridgehead atoms. The van der Waals surface area contributed by atoms with Crippen LogP contribution in [0.25, 0.3) is 0 Å². The number of benzene rings is 2. The van der Waals surface area contributed by atoms with Gasteiger partial charge in [-0.25, -0.2) is 0 Å². The van der Waals surface area contributed by atoms with E-state index in [1.807, 2.05) is 24.3 Å². The first-order valence-electron chi connectivity index (χ1n) is 8.38. The molecule has 1 atom stereocenters. The molecule has 0 aliphatic carbocycles. The topological polar surface area (TPSA) is 61.8 Å². The molecule has 1 aliphatic heterocycles. The second kappa shape index (κ2) is 8.73. The van der Waals surface area contributed by atoms with Crippen molar-refractivity contribution >= 4 is 34.8 Å². The van der Waals surface area contributed by atoms with E-state index in [2.05, 4.69) is 10.2 Å². The molecule has 0 aromatic heterocycles. The monoisotopic (exact) mass is 394 g/mol. The van der Waals surface area contributed by atoms with Gasteiger partial charge in [-0.2, -0.15) is 0 Å². The second-order valence-electron chi connectivity index (χ2n) is 6.04. The number of hydrogen-bond donors (Lipinski definition) is 2. The summed E-state index contributed by atoms with van der Waals surface area (Å²) in [5, 5.41) is 13.8. The summed E-state index contributed by atoms with van der Waals surface area (Å²) >= 11 is 11.9. The Morgan fingerprint density at radius 2 is 1.85 bits per heavy atom. The zero-order valence-corrected chi connectivity index (χ0v) is 15.6. The lowest BCUT2D eigenvalue weighted by Gasteiger charge is -2.29. The fraction of sp³-hybridized carbons (Fsp3) is 0.316. The van der Waals surface area contributed by atoms with Crippen molar-refractivity contribution in [3.63, 3.8) is 0 Å². The summed E-state index contributed by atoms with van der Waals surface area (Å²) in [7, 11) is 0. The Kier molecular flexibility index (Phi) is 6.38. The minimum atomic E-state index is -0.810. The second-order valence-corrected chi connectivity index (χ2v) is 6.88. The molecular weight excluding hydrogens is 375 g/mol. The Morgan fingerprint density at radius 1 is 1.15 bits per heavy atom. The van der Waals surface area contributed by atoms with Crippen molar-refractivity contribution in [2.75, 3.05) is 37.7 Å². The van der Waals surface area contributed by atoms with E-state index in [4.69, 9.17) is 27.9 Å². The first-order chi connectivity index (χ1) is 12.5. The predicted octanol–water partition coefficient (Wildman–Crippen LogP) is 3.29. The van der Waals surface area contributed by atoms with Crippen LogP contribution in [0.3, 0.4) is 0 Å². The lowest BCUT2D eigenvalue weighted by Crippen LogP contribution is -2.36. The van der Waals surface area contributed by atoms with Crippen LogP contribution in [-0.2, 0) is 4.74 Å². The Labute approximate surface area is 162 Å². The van der Waals surface area contributed by atoms with E-state index in [0.717, 1.165) is 37.6 Å². The van der Waals surface area contributed by atoms with Crippen molar-refractivity contribution < 1.29 is 14.6 Å². The zero-order chi connectivity index (χ0) is 18.5. The van der Waals surface area contributed by atoms with Crippen molar-refractivity contribution in [3.05, 3.63) is 63.6 Å². The number of hydrogen-bond acceptors (Lipinski definition) is 4. The van der Waals surface area contributed by atoms with Gasteiger partial charge in [0.15, 0.2) is 0 Å². The Morgan fingerprint density at radius 3 is 2.54 bits per heavy atom. The summed E-state index contributed by atoms with van der Waals surface area (Å²) < 4.78 is 5.35. The molecule has 1 fully saturated rings. The van der Waals surface area contributed by atoms with Gasteiger partial charge in [-0.1, -0.05) is 35.3 Å². The van der Waals surface area contributed by atoms with Gasteiger partial charge in [0.1, 0.15) is 0 Å². The zero-order valence-electron chi connectivity index (χ0n) is 14.1. The molecule has 1 unspecified atom stereocenters. The summed E-state index contributed by atoms with van der Waals surface area (Å²) in [5.41, 5.74) is 2.12. The molecule has 7 heteroatoms. The standard InChI is InChI=1S/C19H20Cl2N2O3/c20-14-3-6-17(21)16(11-14)19(25)22-12-18(24)13-1-4-15(5-2-13)23-7-9-26-10-8-23/h1-6,11,18,24H,7-10,12H2,(H,22,25). The van der Waals surface area contributed by atoms with Crippen LogP contribution in [0.4, 0.5) is 5.69 Å². The molecule has 26 heavy (non-hydrogen) atoms. The van der Waals surface area contributed by atoms with Crippen molar-refractivity contribution in [3.8, 4) is 0 Å². The number of rotatable bonds is 5. The molecule has 5 nitrogen and oxygen atoms in total. The van der Waals surface area contributed by atoms with Gasteiger partial charge in [-0.15, -0.1) is 0 Å². The number of amides is 1. The van der Waals surface area contributed by atoms with Gasteiger partial charge >= 0.3 is 0 Å². The van der Waals surface area contributed by atoms with Crippen LogP contribution in [0.5, 0.6) is 0 Å².